The molecule has 7 heteroatoms. The maximum atomic E-state index is 12.6. The van der Waals surface area contributed by atoms with Crippen LogP contribution in [0.3, 0.4) is 0 Å². The van der Waals surface area contributed by atoms with Crippen LogP contribution in [0.15, 0.2) is 29.2 Å². The summed E-state index contributed by atoms with van der Waals surface area (Å²) in [6.07, 6.45) is 2.12. The number of benzene rings is 1. The van der Waals surface area contributed by atoms with E-state index in [1.165, 1.54) is 11.8 Å². The van der Waals surface area contributed by atoms with E-state index in [9.17, 15) is 9.59 Å². The zero-order valence-electron chi connectivity index (χ0n) is 14.7. The van der Waals surface area contributed by atoms with Crippen LogP contribution in [0.1, 0.15) is 19.3 Å². The molecule has 25 heavy (non-hydrogen) atoms. The summed E-state index contributed by atoms with van der Waals surface area (Å²) in [6, 6.07) is 7.72. The number of methoxy groups -OCH3 is 1. The number of carbonyl (C=O) groups excluding carboxylic acids is 2. The molecule has 136 valence electrons. The fraction of sp³-hybridized carbons (Fsp3) is 0.556. The average Bonchev–Trinajstić information content (AvgIpc) is 2.77. The second-order valence-electron chi connectivity index (χ2n) is 6.61. The van der Waals surface area contributed by atoms with Crippen molar-refractivity contribution in [3.63, 3.8) is 0 Å². The van der Waals surface area contributed by atoms with Crippen molar-refractivity contribution in [1.29, 1.82) is 0 Å². The summed E-state index contributed by atoms with van der Waals surface area (Å²) in [5.74, 6) is 1.32. The van der Waals surface area contributed by atoms with E-state index in [1.54, 1.807) is 19.1 Å². The number of hydrogen-bond donors (Lipinski definition) is 0. The third-order valence-electron chi connectivity index (χ3n) is 4.79. The number of ether oxygens (including phenoxy) is 2. The number of likely N-dealkylation sites (N-methyl/N-ethyl adjacent to an activating group) is 1. The van der Waals surface area contributed by atoms with E-state index >= 15 is 0 Å². The Morgan fingerprint density at radius 1 is 1.36 bits per heavy atom. The molecule has 2 aliphatic rings. The Balaban J connectivity index is 1.53. The molecule has 0 radical (unpaired) electrons. The van der Waals surface area contributed by atoms with Gasteiger partial charge in [-0.2, -0.15) is 0 Å². The third kappa shape index (κ3) is 4.21. The van der Waals surface area contributed by atoms with Crippen LogP contribution >= 0.6 is 11.8 Å². The van der Waals surface area contributed by atoms with E-state index in [2.05, 4.69) is 0 Å². The van der Waals surface area contributed by atoms with Crippen molar-refractivity contribution in [2.24, 2.45) is 0 Å². The van der Waals surface area contributed by atoms with Gasteiger partial charge in [-0.3, -0.25) is 4.79 Å². The second kappa shape index (κ2) is 7.56. The van der Waals surface area contributed by atoms with E-state index in [-0.39, 0.29) is 12.0 Å². The smallest absolute Gasteiger partial charge is 0.410 e. The van der Waals surface area contributed by atoms with Crippen LogP contribution in [0.4, 0.5) is 4.79 Å². The van der Waals surface area contributed by atoms with Crippen molar-refractivity contribution in [2.45, 2.75) is 29.8 Å². The van der Waals surface area contributed by atoms with Gasteiger partial charge in [0.1, 0.15) is 11.4 Å². The number of thioether (sulfide) groups is 1. The number of amides is 2. The largest absolute Gasteiger partial charge is 0.497 e. The summed E-state index contributed by atoms with van der Waals surface area (Å²) in [7, 11) is 3.39. The second-order valence-corrected chi connectivity index (χ2v) is 7.66. The van der Waals surface area contributed by atoms with Gasteiger partial charge in [0.05, 0.1) is 19.4 Å². The SMILES string of the molecule is COc1cccc(SCC(=O)N2CCCC3(CC2)CN(C)C(=O)O3)c1. The molecule has 1 spiro atoms. The number of carbonyl (C=O) groups is 2. The van der Waals surface area contributed by atoms with Gasteiger partial charge < -0.3 is 19.3 Å². The van der Waals surface area contributed by atoms with Crippen LogP contribution < -0.4 is 4.74 Å². The van der Waals surface area contributed by atoms with Gasteiger partial charge in [0.2, 0.25) is 5.91 Å². The molecule has 1 unspecified atom stereocenters. The monoisotopic (exact) mass is 364 g/mol. The topological polar surface area (TPSA) is 59.1 Å². The van der Waals surface area contributed by atoms with E-state index in [4.69, 9.17) is 9.47 Å². The quantitative estimate of drug-likeness (QED) is 0.769. The fourth-order valence-electron chi connectivity index (χ4n) is 3.40. The average molecular weight is 364 g/mol. The van der Waals surface area contributed by atoms with Crippen molar-refractivity contribution >= 4 is 23.8 Å². The van der Waals surface area contributed by atoms with Crippen molar-refractivity contribution in [2.75, 3.05) is 39.5 Å². The molecule has 2 aliphatic heterocycles. The molecular weight excluding hydrogens is 340 g/mol. The van der Waals surface area contributed by atoms with Crippen molar-refractivity contribution in [3.8, 4) is 5.75 Å². The summed E-state index contributed by atoms with van der Waals surface area (Å²) in [5, 5.41) is 0. The Morgan fingerprint density at radius 3 is 2.92 bits per heavy atom. The first kappa shape index (κ1) is 17.9. The molecule has 2 amide bonds. The van der Waals surface area contributed by atoms with Gasteiger partial charge in [-0.25, -0.2) is 4.79 Å². The number of hydrogen-bond acceptors (Lipinski definition) is 5. The third-order valence-corrected chi connectivity index (χ3v) is 5.77. The molecule has 0 N–H and O–H groups in total. The highest BCUT2D eigenvalue weighted by atomic mass is 32.2. The Kier molecular flexibility index (Phi) is 5.42. The Hall–Kier alpha value is -1.89. The van der Waals surface area contributed by atoms with E-state index in [0.717, 1.165) is 30.0 Å². The summed E-state index contributed by atoms with van der Waals surface area (Å²) >= 11 is 1.52. The van der Waals surface area contributed by atoms with E-state index in [0.29, 0.717) is 25.3 Å². The molecule has 1 aromatic carbocycles. The van der Waals surface area contributed by atoms with Crippen molar-refractivity contribution in [3.05, 3.63) is 24.3 Å². The molecule has 1 atom stereocenters. The molecule has 0 aliphatic carbocycles. The van der Waals surface area contributed by atoms with Gasteiger partial charge in [-0.05, 0) is 31.0 Å². The Morgan fingerprint density at radius 2 is 2.20 bits per heavy atom. The lowest BCUT2D eigenvalue weighted by atomic mass is 9.95. The molecular formula is C18H24N2O4S. The molecule has 0 saturated carbocycles. The molecule has 2 saturated heterocycles. The minimum Gasteiger partial charge on any atom is -0.497 e. The minimum atomic E-state index is -0.416. The molecule has 2 fully saturated rings. The van der Waals surface area contributed by atoms with Gasteiger partial charge in [0, 0.05) is 31.5 Å². The number of nitrogens with zero attached hydrogens (tertiary/aromatic N) is 2. The highest BCUT2D eigenvalue weighted by Crippen LogP contribution is 2.33. The summed E-state index contributed by atoms with van der Waals surface area (Å²) in [5.41, 5.74) is -0.416. The van der Waals surface area contributed by atoms with Gasteiger partial charge >= 0.3 is 6.09 Å². The van der Waals surface area contributed by atoms with Crippen molar-refractivity contribution in [1.82, 2.24) is 9.80 Å². The molecule has 0 bridgehead atoms. The Labute approximate surface area is 152 Å². The zero-order chi connectivity index (χ0) is 17.9. The molecule has 2 heterocycles. The summed E-state index contributed by atoms with van der Waals surface area (Å²) < 4.78 is 10.8. The first-order chi connectivity index (χ1) is 12.0. The summed E-state index contributed by atoms with van der Waals surface area (Å²) in [6.45, 7) is 1.98. The van der Waals surface area contributed by atoms with Crippen LogP contribution in [0.2, 0.25) is 0 Å². The standard InChI is InChI=1S/C18H24N2O4S/c1-19-13-18(24-17(19)22)7-4-9-20(10-8-18)16(21)12-25-15-6-3-5-14(11-15)23-2/h3,5-6,11H,4,7-10,12-13H2,1-2H3. The molecule has 1 aromatic rings. The molecule has 3 rings (SSSR count). The van der Waals surface area contributed by atoms with Crippen LogP contribution in [0, 0.1) is 0 Å². The van der Waals surface area contributed by atoms with Crippen LogP contribution in [0.5, 0.6) is 5.75 Å². The lowest BCUT2D eigenvalue weighted by Gasteiger charge is -2.25. The predicted octanol–water partition coefficient (Wildman–Crippen LogP) is 2.62. The molecule has 0 aromatic heterocycles. The lowest BCUT2D eigenvalue weighted by Crippen LogP contribution is -2.37. The van der Waals surface area contributed by atoms with Gasteiger partial charge in [-0.1, -0.05) is 6.07 Å². The number of likely N-dealkylation sites (tertiary alicyclic amines) is 1. The van der Waals surface area contributed by atoms with Gasteiger partial charge in [-0.15, -0.1) is 11.8 Å². The number of rotatable bonds is 4. The van der Waals surface area contributed by atoms with E-state index < -0.39 is 5.60 Å². The van der Waals surface area contributed by atoms with Gasteiger partial charge in [0.15, 0.2) is 0 Å². The first-order valence-corrected chi connectivity index (χ1v) is 9.49. The summed E-state index contributed by atoms with van der Waals surface area (Å²) in [4.78, 5) is 28.8. The fourth-order valence-corrected chi connectivity index (χ4v) is 4.24. The van der Waals surface area contributed by atoms with Crippen LogP contribution in [0.25, 0.3) is 0 Å². The molecule has 6 nitrogen and oxygen atoms in total. The van der Waals surface area contributed by atoms with Crippen molar-refractivity contribution < 1.29 is 19.1 Å². The lowest BCUT2D eigenvalue weighted by molar-refractivity contribution is -0.128. The maximum Gasteiger partial charge on any atom is 0.410 e. The predicted molar refractivity (Wildman–Crippen MR) is 96.0 cm³/mol. The van der Waals surface area contributed by atoms with Crippen LogP contribution in [-0.4, -0.2) is 66.9 Å². The minimum absolute atomic E-state index is 0.127. The van der Waals surface area contributed by atoms with Gasteiger partial charge in [0.25, 0.3) is 0 Å². The van der Waals surface area contributed by atoms with E-state index in [1.807, 2.05) is 29.2 Å². The van der Waals surface area contributed by atoms with Crippen LogP contribution in [-0.2, 0) is 9.53 Å². The highest BCUT2D eigenvalue weighted by Gasteiger charge is 2.44. The zero-order valence-corrected chi connectivity index (χ0v) is 15.5. The Bertz CT molecular complexity index is 654. The highest BCUT2D eigenvalue weighted by molar-refractivity contribution is 8.00. The normalized spacial score (nSPS) is 23.5. The maximum absolute atomic E-state index is 12.6. The first-order valence-electron chi connectivity index (χ1n) is 8.50.